The molecule has 152 valence electrons. The van der Waals surface area contributed by atoms with Crippen LogP contribution in [0.5, 0.6) is 5.75 Å². The summed E-state index contributed by atoms with van der Waals surface area (Å²) in [4.78, 5) is 27.8. The second-order valence-corrected chi connectivity index (χ2v) is 6.58. The van der Waals surface area contributed by atoms with Gasteiger partial charge in [0.2, 0.25) is 5.91 Å². The Labute approximate surface area is 177 Å². The molecule has 2 amide bonds. The van der Waals surface area contributed by atoms with Crippen LogP contribution >= 0.6 is 11.6 Å². The van der Waals surface area contributed by atoms with Crippen LogP contribution in [0, 0.1) is 11.3 Å². The van der Waals surface area contributed by atoms with Crippen LogP contribution < -0.4 is 15.6 Å². The highest BCUT2D eigenvalue weighted by atomic mass is 35.5. The second-order valence-electron chi connectivity index (χ2n) is 6.15. The van der Waals surface area contributed by atoms with Crippen LogP contribution in [0.15, 0.2) is 59.1 Å². The summed E-state index contributed by atoms with van der Waals surface area (Å²) in [6.07, 6.45) is 1.94. The number of benzene rings is 2. The molecule has 1 heterocycles. The Balaban J connectivity index is 1.38. The lowest BCUT2D eigenvalue weighted by molar-refractivity contribution is -0.130. The smallest absolute Gasteiger partial charge is 0.276 e. The van der Waals surface area contributed by atoms with E-state index in [4.69, 9.17) is 26.0 Å². The van der Waals surface area contributed by atoms with Gasteiger partial charge in [-0.1, -0.05) is 11.6 Å². The normalized spacial score (nSPS) is 10.1. The molecule has 2 aromatic carbocycles. The molecule has 9 heteroatoms. The number of nitrogens with zero attached hydrogens (tertiary/aromatic N) is 2. The highest BCUT2D eigenvalue weighted by molar-refractivity contribution is 6.30. The summed E-state index contributed by atoms with van der Waals surface area (Å²) in [7, 11) is 0. The molecule has 0 saturated carbocycles. The number of ether oxygens (including phenoxy) is 1. The number of carbonyl (C=O) groups excluding carboxylic acids is 2. The van der Waals surface area contributed by atoms with E-state index >= 15 is 0 Å². The van der Waals surface area contributed by atoms with Crippen LogP contribution in [0.25, 0.3) is 11.3 Å². The molecule has 30 heavy (non-hydrogen) atoms. The fraction of sp³-hybridized carbons (Fsp3) is 0.143. The first-order valence-corrected chi connectivity index (χ1v) is 9.32. The highest BCUT2D eigenvalue weighted by Gasteiger charge is 2.10. The molecule has 0 spiro atoms. The number of carbonyl (C=O) groups is 2. The van der Waals surface area contributed by atoms with Crippen LogP contribution in [0.3, 0.4) is 0 Å². The van der Waals surface area contributed by atoms with Crippen molar-refractivity contribution in [3.63, 3.8) is 0 Å². The van der Waals surface area contributed by atoms with Gasteiger partial charge in [0.05, 0.1) is 17.8 Å². The third kappa shape index (κ3) is 6.09. The fourth-order valence-electron chi connectivity index (χ4n) is 2.41. The third-order valence-electron chi connectivity index (χ3n) is 3.94. The van der Waals surface area contributed by atoms with Crippen molar-refractivity contribution < 1.29 is 18.7 Å². The molecular formula is C21H17ClN4O4. The van der Waals surface area contributed by atoms with Crippen molar-refractivity contribution in [2.24, 2.45) is 0 Å². The maximum absolute atomic E-state index is 11.9. The van der Waals surface area contributed by atoms with Gasteiger partial charge in [0, 0.05) is 23.4 Å². The predicted octanol–water partition coefficient (Wildman–Crippen LogP) is 3.03. The van der Waals surface area contributed by atoms with E-state index in [0.717, 1.165) is 5.56 Å². The second kappa shape index (κ2) is 10.1. The van der Waals surface area contributed by atoms with Crippen molar-refractivity contribution >= 4 is 23.4 Å². The molecule has 0 fully saturated rings. The molecule has 3 rings (SSSR count). The molecule has 0 radical (unpaired) electrons. The van der Waals surface area contributed by atoms with Crippen LogP contribution in [0.1, 0.15) is 17.9 Å². The lowest BCUT2D eigenvalue weighted by Crippen LogP contribution is -2.43. The van der Waals surface area contributed by atoms with Crippen LogP contribution in [-0.4, -0.2) is 23.4 Å². The number of aryl methyl sites for hydroxylation is 1. The lowest BCUT2D eigenvalue weighted by Gasteiger charge is -2.08. The Hall–Kier alpha value is -3.83. The summed E-state index contributed by atoms with van der Waals surface area (Å²) in [5.41, 5.74) is 5.90. The van der Waals surface area contributed by atoms with Gasteiger partial charge in [-0.05, 0) is 48.5 Å². The van der Waals surface area contributed by atoms with Crippen molar-refractivity contribution in [2.45, 2.75) is 12.8 Å². The predicted molar refractivity (Wildman–Crippen MR) is 108 cm³/mol. The quantitative estimate of drug-likeness (QED) is 0.563. The van der Waals surface area contributed by atoms with Crippen molar-refractivity contribution in [1.82, 2.24) is 15.8 Å². The molecule has 0 atom stereocenters. The van der Waals surface area contributed by atoms with Crippen molar-refractivity contribution in [3.05, 3.63) is 71.2 Å². The Bertz CT molecular complexity index is 1060. The maximum atomic E-state index is 11.9. The Kier molecular flexibility index (Phi) is 7.03. The number of hydrogen-bond donors (Lipinski definition) is 2. The van der Waals surface area contributed by atoms with E-state index in [1.165, 1.54) is 0 Å². The van der Waals surface area contributed by atoms with Gasteiger partial charge in [0.15, 0.2) is 18.3 Å². The number of aromatic nitrogens is 1. The van der Waals surface area contributed by atoms with Crippen LogP contribution in [0.4, 0.5) is 0 Å². The van der Waals surface area contributed by atoms with E-state index in [0.29, 0.717) is 28.0 Å². The molecule has 0 bridgehead atoms. The largest absolute Gasteiger partial charge is 0.484 e. The van der Waals surface area contributed by atoms with Crippen molar-refractivity contribution in [1.29, 1.82) is 5.26 Å². The molecule has 0 aliphatic carbocycles. The SMILES string of the molecule is N#Cc1ccc(OCC(=O)NNC(=O)CCc2ncc(-c3ccc(Cl)cc3)o2)cc1. The van der Waals surface area contributed by atoms with Gasteiger partial charge >= 0.3 is 0 Å². The number of hydrogen-bond acceptors (Lipinski definition) is 6. The molecule has 0 saturated heterocycles. The molecule has 8 nitrogen and oxygen atoms in total. The van der Waals surface area contributed by atoms with Gasteiger partial charge < -0.3 is 9.15 Å². The number of nitriles is 1. The summed E-state index contributed by atoms with van der Waals surface area (Å²) in [6.45, 7) is -0.281. The van der Waals surface area contributed by atoms with E-state index in [2.05, 4.69) is 15.8 Å². The Morgan fingerprint density at radius 1 is 1.07 bits per heavy atom. The molecular weight excluding hydrogens is 408 g/mol. The van der Waals surface area contributed by atoms with Crippen LogP contribution in [0.2, 0.25) is 5.02 Å². The van der Waals surface area contributed by atoms with E-state index in [1.807, 2.05) is 18.2 Å². The fourth-order valence-corrected chi connectivity index (χ4v) is 2.53. The average molecular weight is 425 g/mol. The zero-order chi connectivity index (χ0) is 21.3. The third-order valence-corrected chi connectivity index (χ3v) is 4.19. The number of oxazole rings is 1. The molecule has 0 aliphatic heterocycles. The first-order chi connectivity index (χ1) is 14.5. The summed E-state index contributed by atoms with van der Waals surface area (Å²) in [5, 5.41) is 9.36. The first kappa shape index (κ1) is 20.9. The topological polar surface area (TPSA) is 117 Å². The maximum Gasteiger partial charge on any atom is 0.276 e. The number of hydrazine groups is 1. The van der Waals surface area contributed by atoms with Crippen molar-refractivity contribution in [3.8, 4) is 23.1 Å². The van der Waals surface area contributed by atoms with Crippen LogP contribution in [-0.2, 0) is 16.0 Å². The van der Waals surface area contributed by atoms with E-state index in [9.17, 15) is 9.59 Å². The lowest BCUT2D eigenvalue weighted by atomic mass is 10.2. The van der Waals surface area contributed by atoms with E-state index in [-0.39, 0.29) is 19.4 Å². The minimum absolute atomic E-state index is 0.0807. The van der Waals surface area contributed by atoms with Gasteiger partial charge in [0.1, 0.15) is 5.75 Å². The summed E-state index contributed by atoms with van der Waals surface area (Å²) in [6, 6.07) is 15.4. The Morgan fingerprint density at radius 2 is 1.77 bits per heavy atom. The number of amides is 2. The van der Waals surface area contributed by atoms with Gasteiger partial charge in [-0.25, -0.2) is 4.98 Å². The summed E-state index contributed by atoms with van der Waals surface area (Å²) in [5.74, 6) is 0.513. The number of halogens is 1. The molecule has 0 unspecified atom stereocenters. The zero-order valence-electron chi connectivity index (χ0n) is 15.7. The Morgan fingerprint density at radius 3 is 2.47 bits per heavy atom. The standard InChI is InChI=1S/C21H17ClN4O4/c22-16-5-3-15(4-6-16)18-12-24-21(30-18)10-9-19(27)25-26-20(28)13-29-17-7-1-14(11-23)2-8-17/h1-8,12H,9-10,13H2,(H,25,27)(H,26,28). The van der Waals surface area contributed by atoms with Gasteiger partial charge in [-0.2, -0.15) is 5.26 Å². The highest BCUT2D eigenvalue weighted by Crippen LogP contribution is 2.22. The summed E-state index contributed by atoms with van der Waals surface area (Å²) < 4.78 is 10.9. The minimum Gasteiger partial charge on any atom is -0.484 e. The van der Waals surface area contributed by atoms with E-state index < -0.39 is 11.8 Å². The molecule has 2 N–H and O–H groups in total. The van der Waals surface area contributed by atoms with Gasteiger partial charge in [-0.15, -0.1) is 0 Å². The minimum atomic E-state index is -0.520. The summed E-state index contributed by atoms with van der Waals surface area (Å²) >= 11 is 5.86. The molecule has 1 aromatic heterocycles. The van der Waals surface area contributed by atoms with Gasteiger partial charge in [0.25, 0.3) is 5.91 Å². The van der Waals surface area contributed by atoms with Crippen molar-refractivity contribution in [2.75, 3.05) is 6.61 Å². The molecule has 3 aromatic rings. The number of nitrogens with one attached hydrogen (secondary N) is 2. The number of rotatable bonds is 7. The first-order valence-electron chi connectivity index (χ1n) is 8.95. The monoisotopic (exact) mass is 424 g/mol. The average Bonchev–Trinajstić information content (AvgIpc) is 3.24. The van der Waals surface area contributed by atoms with Gasteiger partial charge in [-0.3, -0.25) is 20.4 Å². The molecule has 0 aliphatic rings. The van der Waals surface area contributed by atoms with E-state index in [1.54, 1.807) is 42.6 Å². The zero-order valence-corrected chi connectivity index (χ0v) is 16.5.